The van der Waals surface area contributed by atoms with E-state index in [0.717, 1.165) is 42.0 Å². The van der Waals surface area contributed by atoms with Crippen LogP contribution in [0.2, 0.25) is 0 Å². The van der Waals surface area contributed by atoms with Crippen molar-refractivity contribution in [3.8, 4) is 5.75 Å². The van der Waals surface area contributed by atoms with Crippen LogP contribution in [-0.4, -0.2) is 33.5 Å². The minimum absolute atomic E-state index is 0.0514. The van der Waals surface area contributed by atoms with E-state index in [0.29, 0.717) is 19.6 Å². The number of hydrogen-bond donors (Lipinski definition) is 0. The molecule has 1 fully saturated rings. The van der Waals surface area contributed by atoms with Crippen LogP contribution >= 0.6 is 0 Å². The first-order valence-electron chi connectivity index (χ1n) is 10.5. The van der Waals surface area contributed by atoms with E-state index < -0.39 is 0 Å². The van der Waals surface area contributed by atoms with Crippen molar-refractivity contribution in [1.29, 1.82) is 0 Å². The molecule has 1 unspecified atom stereocenters. The Hall–Kier alpha value is -2.82. The van der Waals surface area contributed by atoms with E-state index in [1.165, 1.54) is 11.1 Å². The predicted octanol–water partition coefficient (Wildman–Crippen LogP) is 4.81. The molecule has 0 saturated carbocycles. The van der Waals surface area contributed by atoms with Crippen LogP contribution in [0.1, 0.15) is 49.2 Å². The first-order chi connectivity index (χ1) is 14.1. The maximum Gasteiger partial charge on any atom is 0.222 e. The first-order valence-corrected chi connectivity index (χ1v) is 10.5. The molecule has 0 radical (unpaired) electrons. The Morgan fingerprint density at radius 1 is 1.17 bits per heavy atom. The van der Waals surface area contributed by atoms with Gasteiger partial charge in [-0.15, -0.1) is 0 Å². The van der Waals surface area contributed by atoms with E-state index in [9.17, 15) is 4.79 Å². The molecule has 5 heteroatoms. The zero-order valence-electron chi connectivity index (χ0n) is 17.5. The first kappa shape index (κ1) is 19.5. The summed E-state index contributed by atoms with van der Waals surface area (Å²) < 4.78 is 8.37. The van der Waals surface area contributed by atoms with Crippen LogP contribution < -0.4 is 4.74 Å². The van der Waals surface area contributed by atoms with Crippen LogP contribution in [-0.2, 0) is 11.3 Å². The molecule has 29 heavy (non-hydrogen) atoms. The average Bonchev–Trinajstić information content (AvgIpc) is 3.35. The van der Waals surface area contributed by atoms with E-state index in [-0.39, 0.29) is 11.9 Å². The fraction of sp³-hybridized carbons (Fsp3) is 0.417. The van der Waals surface area contributed by atoms with E-state index in [1.807, 2.05) is 42.2 Å². The van der Waals surface area contributed by atoms with E-state index in [2.05, 4.69) is 30.5 Å². The van der Waals surface area contributed by atoms with Gasteiger partial charge in [-0.05, 0) is 56.0 Å². The van der Waals surface area contributed by atoms with Crippen molar-refractivity contribution in [3.05, 3.63) is 59.4 Å². The SMILES string of the molecule is CCC(=O)N1CCCC1c1nc2ccccc2n1CCOc1cccc(C)c1C. The number of amides is 1. The smallest absolute Gasteiger partial charge is 0.222 e. The normalized spacial score (nSPS) is 16.5. The topological polar surface area (TPSA) is 47.4 Å². The molecular weight excluding hydrogens is 362 g/mol. The van der Waals surface area contributed by atoms with Crippen molar-refractivity contribution in [2.45, 2.75) is 52.6 Å². The van der Waals surface area contributed by atoms with Crippen LogP contribution in [0.25, 0.3) is 11.0 Å². The molecule has 0 spiro atoms. The van der Waals surface area contributed by atoms with E-state index in [1.54, 1.807) is 0 Å². The number of imidazole rings is 1. The summed E-state index contributed by atoms with van der Waals surface area (Å²) >= 11 is 0. The Kier molecular flexibility index (Phi) is 5.56. The monoisotopic (exact) mass is 391 g/mol. The third kappa shape index (κ3) is 3.74. The molecule has 152 valence electrons. The number of fused-ring (bicyclic) bond motifs is 1. The van der Waals surface area contributed by atoms with Gasteiger partial charge in [-0.25, -0.2) is 4.98 Å². The van der Waals surface area contributed by atoms with Gasteiger partial charge in [-0.3, -0.25) is 4.79 Å². The molecule has 3 aromatic rings. The summed E-state index contributed by atoms with van der Waals surface area (Å²) in [5.74, 6) is 2.12. The molecule has 0 bridgehead atoms. The van der Waals surface area contributed by atoms with Crippen LogP contribution in [0.4, 0.5) is 0 Å². The summed E-state index contributed by atoms with van der Waals surface area (Å²) in [4.78, 5) is 19.4. The lowest BCUT2D eigenvalue weighted by molar-refractivity contribution is -0.131. The summed E-state index contributed by atoms with van der Waals surface area (Å²) in [5, 5.41) is 0. The van der Waals surface area contributed by atoms with Gasteiger partial charge in [0.25, 0.3) is 0 Å². The van der Waals surface area contributed by atoms with Gasteiger partial charge in [0, 0.05) is 13.0 Å². The van der Waals surface area contributed by atoms with Gasteiger partial charge in [0.05, 0.1) is 23.6 Å². The zero-order valence-corrected chi connectivity index (χ0v) is 17.5. The second kappa shape index (κ2) is 8.27. The molecule has 1 aliphatic heterocycles. The number of rotatable bonds is 6. The highest BCUT2D eigenvalue weighted by Crippen LogP contribution is 2.34. The summed E-state index contributed by atoms with van der Waals surface area (Å²) in [6, 6.07) is 14.4. The minimum atomic E-state index is 0.0514. The molecule has 5 nitrogen and oxygen atoms in total. The molecule has 2 aromatic carbocycles. The van der Waals surface area contributed by atoms with Gasteiger partial charge in [-0.2, -0.15) is 0 Å². The molecule has 1 atom stereocenters. The predicted molar refractivity (Wildman–Crippen MR) is 115 cm³/mol. The number of nitrogens with zero attached hydrogens (tertiary/aromatic N) is 3. The second-order valence-electron chi connectivity index (χ2n) is 7.76. The summed E-state index contributed by atoms with van der Waals surface area (Å²) in [5.41, 5.74) is 4.49. The zero-order chi connectivity index (χ0) is 20.4. The number of aryl methyl sites for hydroxylation is 1. The third-order valence-corrected chi connectivity index (χ3v) is 5.99. The van der Waals surface area contributed by atoms with Crippen molar-refractivity contribution in [3.63, 3.8) is 0 Å². The Morgan fingerprint density at radius 3 is 2.83 bits per heavy atom. The van der Waals surface area contributed by atoms with Gasteiger partial charge in [-0.1, -0.05) is 31.2 Å². The van der Waals surface area contributed by atoms with Crippen LogP contribution in [0, 0.1) is 13.8 Å². The number of benzene rings is 2. The number of aromatic nitrogens is 2. The van der Waals surface area contributed by atoms with Crippen molar-refractivity contribution in [2.24, 2.45) is 0 Å². The average molecular weight is 392 g/mol. The van der Waals surface area contributed by atoms with Crippen LogP contribution in [0.15, 0.2) is 42.5 Å². The number of hydrogen-bond acceptors (Lipinski definition) is 3. The molecular formula is C24H29N3O2. The van der Waals surface area contributed by atoms with Crippen molar-refractivity contribution < 1.29 is 9.53 Å². The van der Waals surface area contributed by atoms with E-state index in [4.69, 9.17) is 9.72 Å². The highest BCUT2D eigenvalue weighted by atomic mass is 16.5. The maximum atomic E-state index is 12.5. The Morgan fingerprint density at radius 2 is 2.00 bits per heavy atom. The van der Waals surface area contributed by atoms with Crippen LogP contribution in [0.3, 0.4) is 0 Å². The molecule has 1 saturated heterocycles. The molecule has 1 aliphatic rings. The third-order valence-electron chi connectivity index (χ3n) is 5.99. The summed E-state index contributed by atoms with van der Waals surface area (Å²) in [6.07, 6.45) is 2.53. The van der Waals surface area contributed by atoms with Crippen molar-refractivity contribution in [2.75, 3.05) is 13.2 Å². The number of para-hydroxylation sites is 2. The fourth-order valence-corrected chi connectivity index (χ4v) is 4.25. The van der Waals surface area contributed by atoms with Crippen molar-refractivity contribution in [1.82, 2.24) is 14.5 Å². The number of carbonyl (C=O) groups is 1. The minimum Gasteiger partial charge on any atom is -0.491 e. The van der Waals surface area contributed by atoms with Gasteiger partial charge in [0.2, 0.25) is 5.91 Å². The Balaban J connectivity index is 1.62. The Bertz CT molecular complexity index is 1020. The largest absolute Gasteiger partial charge is 0.491 e. The summed E-state index contributed by atoms with van der Waals surface area (Å²) in [7, 11) is 0. The highest BCUT2D eigenvalue weighted by molar-refractivity contribution is 5.78. The van der Waals surface area contributed by atoms with Crippen LogP contribution in [0.5, 0.6) is 5.75 Å². The van der Waals surface area contributed by atoms with Gasteiger partial charge < -0.3 is 14.2 Å². The lowest BCUT2D eigenvalue weighted by atomic mass is 10.1. The molecule has 0 N–H and O–H groups in total. The molecule has 1 amide bonds. The lowest BCUT2D eigenvalue weighted by Crippen LogP contribution is -2.31. The summed E-state index contributed by atoms with van der Waals surface area (Å²) in [6.45, 7) is 8.21. The van der Waals surface area contributed by atoms with Gasteiger partial charge >= 0.3 is 0 Å². The fourth-order valence-electron chi connectivity index (χ4n) is 4.25. The van der Waals surface area contributed by atoms with Crippen molar-refractivity contribution >= 4 is 16.9 Å². The number of carbonyl (C=O) groups excluding carboxylic acids is 1. The highest BCUT2D eigenvalue weighted by Gasteiger charge is 2.32. The van der Waals surface area contributed by atoms with E-state index >= 15 is 0 Å². The number of ether oxygens (including phenoxy) is 1. The van der Waals surface area contributed by atoms with Gasteiger partial charge in [0.15, 0.2) is 0 Å². The molecule has 1 aromatic heterocycles. The number of likely N-dealkylation sites (tertiary alicyclic amines) is 1. The molecule has 2 heterocycles. The molecule has 0 aliphatic carbocycles. The molecule has 4 rings (SSSR count). The second-order valence-corrected chi connectivity index (χ2v) is 7.76. The van der Waals surface area contributed by atoms with Gasteiger partial charge in [0.1, 0.15) is 18.2 Å². The quantitative estimate of drug-likeness (QED) is 0.606. The standard InChI is InChI=1S/C24H29N3O2/c1-4-23(28)26-14-8-12-21(26)24-25-19-10-5-6-11-20(19)27(24)15-16-29-22-13-7-9-17(2)18(22)3/h5-7,9-11,13,21H,4,8,12,14-16H2,1-3H3. The maximum absolute atomic E-state index is 12.5. The Labute approximate surface area is 172 Å². The lowest BCUT2D eigenvalue weighted by Gasteiger charge is -2.25.